The summed E-state index contributed by atoms with van der Waals surface area (Å²) in [5, 5.41) is 3.64. The first-order valence-corrected chi connectivity index (χ1v) is 7.75. The number of hydrogen-bond donors (Lipinski definition) is 1. The Labute approximate surface area is 122 Å². The van der Waals surface area contributed by atoms with Gasteiger partial charge in [0.05, 0.1) is 0 Å². The zero-order chi connectivity index (χ0) is 14.0. The van der Waals surface area contributed by atoms with Crippen molar-refractivity contribution in [1.82, 2.24) is 5.32 Å². The molecule has 1 fully saturated rings. The van der Waals surface area contributed by atoms with Crippen LogP contribution in [0, 0.1) is 0 Å². The fourth-order valence-electron chi connectivity index (χ4n) is 2.34. The Morgan fingerprint density at radius 3 is 2.65 bits per heavy atom. The van der Waals surface area contributed by atoms with Crippen molar-refractivity contribution in [2.45, 2.75) is 37.6 Å². The topological polar surface area (TPSA) is 30.5 Å². The molecule has 0 amide bonds. The molecule has 0 heterocycles. The van der Waals surface area contributed by atoms with E-state index in [0.717, 1.165) is 45.2 Å². The molecule has 0 spiro atoms. The fourth-order valence-corrected chi connectivity index (χ4v) is 2.34. The van der Waals surface area contributed by atoms with Gasteiger partial charge in [-0.2, -0.15) is 0 Å². The van der Waals surface area contributed by atoms with Gasteiger partial charge in [0.2, 0.25) is 0 Å². The average Bonchev–Trinajstić information content (AvgIpc) is 3.31. The average molecular weight is 277 g/mol. The highest BCUT2D eigenvalue weighted by atomic mass is 16.5. The molecule has 3 heteroatoms. The molecule has 20 heavy (non-hydrogen) atoms. The van der Waals surface area contributed by atoms with Crippen molar-refractivity contribution in [3.05, 3.63) is 35.9 Å². The number of methoxy groups -OCH3 is 1. The Hall–Kier alpha value is -0.900. The number of hydrogen-bond acceptors (Lipinski definition) is 3. The molecule has 0 bridgehead atoms. The van der Waals surface area contributed by atoms with Gasteiger partial charge in [-0.3, -0.25) is 0 Å². The maximum absolute atomic E-state index is 5.70. The zero-order valence-electron chi connectivity index (χ0n) is 12.5. The molecule has 0 aromatic heterocycles. The molecule has 1 N–H and O–H groups in total. The number of ether oxygens (including phenoxy) is 2. The van der Waals surface area contributed by atoms with Gasteiger partial charge in [-0.1, -0.05) is 30.3 Å². The molecule has 1 unspecified atom stereocenters. The van der Waals surface area contributed by atoms with Gasteiger partial charge in [0.15, 0.2) is 0 Å². The van der Waals surface area contributed by atoms with Gasteiger partial charge >= 0.3 is 0 Å². The largest absolute Gasteiger partial charge is 0.385 e. The normalized spacial score (nSPS) is 16.2. The second-order valence-electron chi connectivity index (χ2n) is 5.54. The van der Waals surface area contributed by atoms with Gasteiger partial charge in [-0.15, -0.1) is 0 Å². The second-order valence-corrected chi connectivity index (χ2v) is 5.54. The Morgan fingerprint density at radius 1 is 1.15 bits per heavy atom. The lowest BCUT2D eigenvalue weighted by Gasteiger charge is -2.18. The zero-order valence-corrected chi connectivity index (χ0v) is 12.5. The summed E-state index contributed by atoms with van der Waals surface area (Å²) in [5.41, 5.74) is 1.42. The standard InChI is InChI=1S/C17H27NO2/c1-19-11-5-12-20-13-10-16(14-18-17-8-9-17)15-6-3-2-4-7-15/h2-4,6-7,16-18H,5,8-14H2,1H3. The van der Waals surface area contributed by atoms with Crippen molar-refractivity contribution in [2.75, 3.05) is 33.5 Å². The highest BCUT2D eigenvalue weighted by Crippen LogP contribution is 2.23. The second kappa shape index (κ2) is 9.11. The monoisotopic (exact) mass is 277 g/mol. The van der Waals surface area contributed by atoms with Crippen LogP contribution in [0.4, 0.5) is 0 Å². The lowest BCUT2D eigenvalue weighted by Crippen LogP contribution is -2.24. The van der Waals surface area contributed by atoms with Crippen LogP contribution in [0.1, 0.15) is 37.2 Å². The van der Waals surface area contributed by atoms with Crippen molar-refractivity contribution in [3.8, 4) is 0 Å². The van der Waals surface area contributed by atoms with E-state index in [1.807, 2.05) is 0 Å². The third kappa shape index (κ3) is 6.04. The number of rotatable bonds is 11. The van der Waals surface area contributed by atoms with E-state index < -0.39 is 0 Å². The predicted molar refractivity (Wildman–Crippen MR) is 82.1 cm³/mol. The van der Waals surface area contributed by atoms with Crippen LogP contribution in [-0.2, 0) is 9.47 Å². The molecule has 1 aliphatic carbocycles. The number of nitrogens with one attached hydrogen (secondary N) is 1. The van der Waals surface area contributed by atoms with Crippen LogP contribution >= 0.6 is 0 Å². The molecular formula is C17H27NO2. The van der Waals surface area contributed by atoms with Gasteiger partial charge in [0, 0.05) is 39.5 Å². The van der Waals surface area contributed by atoms with Gasteiger partial charge < -0.3 is 14.8 Å². The van der Waals surface area contributed by atoms with Crippen LogP contribution in [-0.4, -0.2) is 39.5 Å². The maximum Gasteiger partial charge on any atom is 0.0487 e. The lowest BCUT2D eigenvalue weighted by molar-refractivity contribution is 0.0980. The van der Waals surface area contributed by atoms with Gasteiger partial charge in [-0.25, -0.2) is 0 Å². The van der Waals surface area contributed by atoms with Gasteiger partial charge in [0.25, 0.3) is 0 Å². The molecule has 1 aromatic carbocycles. The van der Waals surface area contributed by atoms with E-state index in [0.29, 0.717) is 5.92 Å². The Bertz CT molecular complexity index is 351. The van der Waals surface area contributed by atoms with Gasteiger partial charge in [0.1, 0.15) is 0 Å². The molecule has 112 valence electrons. The first kappa shape index (κ1) is 15.5. The minimum Gasteiger partial charge on any atom is -0.385 e. The van der Waals surface area contributed by atoms with Crippen LogP contribution < -0.4 is 5.32 Å². The smallest absolute Gasteiger partial charge is 0.0487 e. The molecule has 1 saturated carbocycles. The summed E-state index contributed by atoms with van der Waals surface area (Å²) >= 11 is 0. The van der Waals surface area contributed by atoms with Crippen molar-refractivity contribution in [3.63, 3.8) is 0 Å². The van der Waals surface area contributed by atoms with E-state index in [-0.39, 0.29) is 0 Å². The van der Waals surface area contributed by atoms with Crippen LogP contribution in [0.15, 0.2) is 30.3 Å². The summed E-state index contributed by atoms with van der Waals surface area (Å²) in [7, 11) is 1.73. The molecule has 0 aliphatic heterocycles. The van der Waals surface area contributed by atoms with Crippen molar-refractivity contribution < 1.29 is 9.47 Å². The van der Waals surface area contributed by atoms with E-state index in [2.05, 4.69) is 35.6 Å². The lowest BCUT2D eigenvalue weighted by atomic mass is 9.96. The quantitative estimate of drug-likeness (QED) is 0.631. The molecule has 0 radical (unpaired) electrons. The summed E-state index contributed by atoms with van der Waals surface area (Å²) in [6, 6.07) is 11.5. The number of benzene rings is 1. The molecule has 1 aliphatic rings. The van der Waals surface area contributed by atoms with Crippen molar-refractivity contribution in [2.24, 2.45) is 0 Å². The molecule has 1 atom stereocenters. The van der Waals surface area contributed by atoms with Crippen LogP contribution in [0.2, 0.25) is 0 Å². The highest BCUT2D eigenvalue weighted by molar-refractivity contribution is 5.20. The first-order chi connectivity index (χ1) is 9.90. The summed E-state index contributed by atoms with van der Waals surface area (Å²) in [4.78, 5) is 0. The van der Waals surface area contributed by atoms with Crippen LogP contribution in [0.3, 0.4) is 0 Å². The molecule has 3 nitrogen and oxygen atoms in total. The molecule has 0 saturated heterocycles. The first-order valence-electron chi connectivity index (χ1n) is 7.75. The van der Waals surface area contributed by atoms with E-state index in [9.17, 15) is 0 Å². The van der Waals surface area contributed by atoms with E-state index in [4.69, 9.17) is 9.47 Å². The molecule has 2 rings (SSSR count). The Balaban J connectivity index is 1.71. The third-order valence-corrected chi connectivity index (χ3v) is 3.75. The van der Waals surface area contributed by atoms with E-state index in [1.165, 1.54) is 18.4 Å². The van der Waals surface area contributed by atoms with Crippen molar-refractivity contribution >= 4 is 0 Å². The van der Waals surface area contributed by atoms with Gasteiger partial charge in [-0.05, 0) is 37.2 Å². The summed E-state index contributed by atoms with van der Waals surface area (Å²) in [5.74, 6) is 0.555. The summed E-state index contributed by atoms with van der Waals surface area (Å²) < 4.78 is 10.7. The Kier molecular flexibility index (Phi) is 7.06. The fraction of sp³-hybridized carbons (Fsp3) is 0.647. The third-order valence-electron chi connectivity index (χ3n) is 3.75. The minimum absolute atomic E-state index is 0.555. The van der Waals surface area contributed by atoms with Crippen molar-refractivity contribution in [1.29, 1.82) is 0 Å². The van der Waals surface area contributed by atoms with Crippen LogP contribution in [0.5, 0.6) is 0 Å². The Morgan fingerprint density at radius 2 is 1.95 bits per heavy atom. The molecule has 1 aromatic rings. The van der Waals surface area contributed by atoms with E-state index in [1.54, 1.807) is 7.11 Å². The minimum atomic E-state index is 0.555. The summed E-state index contributed by atoms with van der Waals surface area (Å²) in [6.45, 7) is 3.47. The highest BCUT2D eigenvalue weighted by Gasteiger charge is 2.22. The summed E-state index contributed by atoms with van der Waals surface area (Å²) in [6.07, 6.45) is 4.74. The van der Waals surface area contributed by atoms with E-state index >= 15 is 0 Å². The predicted octanol–water partition coefficient (Wildman–Crippen LogP) is 2.97. The van der Waals surface area contributed by atoms with Crippen LogP contribution in [0.25, 0.3) is 0 Å². The SMILES string of the molecule is COCCCOCCC(CNC1CC1)c1ccccc1. The molecular weight excluding hydrogens is 250 g/mol. The maximum atomic E-state index is 5.70.